The molecule has 17 heavy (non-hydrogen) atoms. The fourth-order valence-electron chi connectivity index (χ4n) is 1.85. The van der Waals surface area contributed by atoms with E-state index >= 15 is 0 Å². The number of carbonyl (C=O) groups excluding carboxylic acids is 1. The molecule has 0 spiro atoms. The van der Waals surface area contributed by atoms with Crippen molar-refractivity contribution in [2.24, 2.45) is 5.41 Å². The molecule has 96 valence electrons. The van der Waals surface area contributed by atoms with Gasteiger partial charge in [-0.05, 0) is 19.3 Å². The Morgan fingerprint density at radius 3 is 2.53 bits per heavy atom. The number of ketones is 1. The summed E-state index contributed by atoms with van der Waals surface area (Å²) < 4.78 is 0. The Bertz CT molecular complexity index is 352. The maximum Gasteiger partial charge on any atom is 0.326 e. The molecule has 5 heteroatoms. The van der Waals surface area contributed by atoms with E-state index in [1.54, 1.807) is 4.90 Å². The molecule has 1 atom stereocenters. The average molecular weight is 257 g/mol. The Balaban J connectivity index is 2.83. The third-order valence-corrected chi connectivity index (χ3v) is 3.91. The number of nitrogens with zero attached hydrogens (tertiary/aromatic N) is 1. The highest BCUT2D eigenvalue weighted by Crippen LogP contribution is 2.26. The standard InChI is InChI=1S/C12H19NO3S/c1-4-12(2,3)9(14)10(17)13-7-5-6-8(13)11(15)16/h8H,4-7H2,1-3H3,(H,15,16). The molecule has 0 radical (unpaired) electrons. The largest absolute Gasteiger partial charge is 0.480 e. The number of Topliss-reactive ketones (excluding diaryl/α,β-unsaturated/α-hetero) is 1. The molecule has 1 saturated heterocycles. The number of rotatable bonds is 4. The van der Waals surface area contributed by atoms with E-state index in [0.717, 1.165) is 6.42 Å². The van der Waals surface area contributed by atoms with Crippen molar-refractivity contribution in [2.75, 3.05) is 6.54 Å². The topological polar surface area (TPSA) is 57.6 Å². The monoisotopic (exact) mass is 257 g/mol. The number of carbonyl (C=O) groups is 2. The first-order valence-electron chi connectivity index (χ1n) is 5.89. The minimum Gasteiger partial charge on any atom is -0.480 e. The first-order valence-corrected chi connectivity index (χ1v) is 6.30. The second kappa shape index (κ2) is 5.12. The van der Waals surface area contributed by atoms with E-state index < -0.39 is 17.4 Å². The maximum atomic E-state index is 12.2. The summed E-state index contributed by atoms with van der Waals surface area (Å²) in [5.74, 6) is -1.02. The SMILES string of the molecule is CCC(C)(C)C(=O)C(=S)N1CCCC1C(=O)O. The molecule has 0 aromatic heterocycles. The lowest BCUT2D eigenvalue weighted by Crippen LogP contribution is -2.46. The molecule has 0 aromatic carbocycles. The summed E-state index contributed by atoms with van der Waals surface area (Å²) in [6.45, 7) is 6.18. The highest BCUT2D eigenvalue weighted by molar-refractivity contribution is 7.82. The van der Waals surface area contributed by atoms with E-state index in [1.165, 1.54) is 0 Å². The van der Waals surface area contributed by atoms with Crippen LogP contribution in [0.4, 0.5) is 0 Å². The lowest BCUT2D eigenvalue weighted by molar-refractivity contribution is -0.140. The molecule has 0 saturated carbocycles. The Kier molecular flexibility index (Phi) is 4.25. The van der Waals surface area contributed by atoms with Crippen LogP contribution in [-0.2, 0) is 9.59 Å². The fraction of sp³-hybridized carbons (Fsp3) is 0.750. The molecule has 0 aromatic rings. The minimum absolute atomic E-state index is 0.122. The molecule has 0 aliphatic carbocycles. The van der Waals surface area contributed by atoms with E-state index in [-0.39, 0.29) is 10.8 Å². The molecule has 0 amide bonds. The number of aliphatic carboxylic acids is 1. The Labute approximate surface area is 107 Å². The number of thiocarbonyl (C=S) groups is 1. The van der Waals surface area contributed by atoms with E-state index in [2.05, 4.69) is 0 Å². The van der Waals surface area contributed by atoms with Crippen molar-refractivity contribution in [2.45, 2.75) is 46.1 Å². The first kappa shape index (κ1) is 14.1. The third kappa shape index (κ3) is 2.83. The van der Waals surface area contributed by atoms with Crippen LogP contribution in [0.15, 0.2) is 0 Å². The van der Waals surface area contributed by atoms with Gasteiger partial charge in [0.15, 0.2) is 5.78 Å². The lowest BCUT2D eigenvalue weighted by Gasteiger charge is -2.28. The van der Waals surface area contributed by atoms with Gasteiger partial charge in [0.2, 0.25) is 0 Å². The van der Waals surface area contributed by atoms with E-state index in [9.17, 15) is 9.59 Å². The van der Waals surface area contributed by atoms with E-state index in [1.807, 2.05) is 20.8 Å². The summed E-state index contributed by atoms with van der Waals surface area (Å²) in [5.41, 5.74) is -0.511. The summed E-state index contributed by atoms with van der Waals surface area (Å²) in [6.07, 6.45) is 2.03. The second-order valence-electron chi connectivity index (χ2n) is 5.06. The zero-order valence-corrected chi connectivity index (χ0v) is 11.3. The number of carboxylic acids is 1. The molecule has 0 bridgehead atoms. The van der Waals surface area contributed by atoms with Crippen LogP contribution >= 0.6 is 12.2 Å². The maximum absolute atomic E-state index is 12.2. The van der Waals surface area contributed by atoms with Crippen LogP contribution in [0.2, 0.25) is 0 Å². The third-order valence-electron chi connectivity index (χ3n) is 3.49. The predicted molar refractivity (Wildman–Crippen MR) is 69.0 cm³/mol. The molecule has 4 nitrogen and oxygen atoms in total. The van der Waals surface area contributed by atoms with Crippen LogP contribution in [-0.4, -0.2) is 39.3 Å². The van der Waals surface area contributed by atoms with Crippen LogP contribution in [0.3, 0.4) is 0 Å². The van der Waals surface area contributed by atoms with Crippen molar-refractivity contribution in [3.8, 4) is 0 Å². The van der Waals surface area contributed by atoms with Gasteiger partial charge in [0.25, 0.3) is 0 Å². The summed E-state index contributed by atoms with van der Waals surface area (Å²) in [5, 5.41) is 9.06. The van der Waals surface area contributed by atoms with Gasteiger partial charge in [0.05, 0.1) is 0 Å². The number of likely N-dealkylation sites (tertiary alicyclic amines) is 1. The number of hydrogen-bond acceptors (Lipinski definition) is 3. The van der Waals surface area contributed by atoms with Crippen LogP contribution in [0.1, 0.15) is 40.0 Å². The predicted octanol–water partition coefficient (Wildman–Crippen LogP) is 1.87. The van der Waals surface area contributed by atoms with Gasteiger partial charge in [0, 0.05) is 12.0 Å². The summed E-state index contributed by atoms with van der Waals surface area (Å²) in [4.78, 5) is 25.0. The number of carboxylic acid groups (broad SMARTS) is 1. The van der Waals surface area contributed by atoms with Gasteiger partial charge in [0.1, 0.15) is 11.0 Å². The van der Waals surface area contributed by atoms with Gasteiger partial charge in [-0.2, -0.15) is 0 Å². The molecule has 1 heterocycles. The normalized spacial score (nSPS) is 20.4. The van der Waals surface area contributed by atoms with Gasteiger partial charge in [-0.25, -0.2) is 4.79 Å². The fourth-order valence-corrected chi connectivity index (χ4v) is 2.34. The van der Waals surface area contributed by atoms with Gasteiger partial charge in [-0.3, -0.25) is 4.79 Å². The van der Waals surface area contributed by atoms with Crippen LogP contribution in [0.25, 0.3) is 0 Å². The molecular formula is C12H19NO3S. The molecule has 1 N–H and O–H groups in total. The summed E-state index contributed by atoms with van der Waals surface area (Å²) in [6, 6.07) is -0.626. The van der Waals surface area contributed by atoms with Crippen LogP contribution < -0.4 is 0 Å². The van der Waals surface area contributed by atoms with Crippen molar-refractivity contribution in [3.05, 3.63) is 0 Å². The Morgan fingerprint density at radius 1 is 1.47 bits per heavy atom. The molecule has 1 fully saturated rings. The molecule has 1 aliphatic heterocycles. The summed E-state index contributed by atoms with van der Waals surface area (Å²) in [7, 11) is 0. The van der Waals surface area contributed by atoms with Crippen molar-refractivity contribution >= 4 is 29.0 Å². The van der Waals surface area contributed by atoms with Crippen molar-refractivity contribution < 1.29 is 14.7 Å². The zero-order valence-electron chi connectivity index (χ0n) is 10.5. The molecular weight excluding hydrogens is 238 g/mol. The van der Waals surface area contributed by atoms with E-state index in [4.69, 9.17) is 17.3 Å². The van der Waals surface area contributed by atoms with Crippen molar-refractivity contribution in [3.63, 3.8) is 0 Å². The van der Waals surface area contributed by atoms with Crippen LogP contribution in [0.5, 0.6) is 0 Å². The van der Waals surface area contributed by atoms with Gasteiger partial charge in [-0.15, -0.1) is 0 Å². The van der Waals surface area contributed by atoms with Gasteiger partial charge in [-0.1, -0.05) is 33.0 Å². The minimum atomic E-state index is -0.896. The molecule has 1 aliphatic rings. The Hall–Kier alpha value is -0.970. The number of hydrogen-bond donors (Lipinski definition) is 1. The molecule has 1 unspecified atom stereocenters. The highest BCUT2D eigenvalue weighted by Gasteiger charge is 2.38. The molecule has 1 rings (SSSR count). The summed E-state index contributed by atoms with van der Waals surface area (Å²) >= 11 is 5.16. The zero-order chi connectivity index (χ0) is 13.2. The highest BCUT2D eigenvalue weighted by atomic mass is 32.1. The smallest absolute Gasteiger partial charge is 0.326 e. The lowest BCUT2D eigenvalue weighted by atomic mass is 9.85. The second-order valence-corrected chi connectivity index (χ2v) is 5.45. The van der Waals surface area contributed by atoms with Crippen LogP contribution in [0, 0.1) is 5.41 Å². The van der Waals surface area contributed by atoms with Crippen molar-refractivity contribution in [1.82, 2.24) is 4.90 Å². The van der Waals surface area contributed by atoms with E-state index in [0.29, 0.717) is 19.4 Å². The average Bonchev–Trinajstić information content (AvgIpc) is 2.75. The first-order chi connectivity index (χ1) is 7.81. The van der Waals surface area contributed by atoms with Gasteiger partial charge >= 0.3 is 5.97 Å². The Morgan fingerprint density at radius 2 is 2.06 bits per heavy atom. The quantitative estimate of drug-likeness (QED) is 0.779. The van der Waals surface area contributed by atoms with Gasteiger partial charge < -0.3 is 10.0 Å². The van der Waals surface area contributed by atoms with Crippen molar-refractivity contribution in [1.29, 1.82) is 0 Å².